The van der Waals surface area contributed by atoms with Crippen molar-refractivity contribution in [2.24, 2.45) is 23.7 Å². The molecule has 6 amide bonds. The van der Waals surface area contributed by atoms with Crippen LogP contribution in [-0.2, 0) is 41.9 Å². The topological polar surface area (TPSA) is 213 Å². The van der Waals surface area contributed by atoms with E-state index in [9.17, 15) is 33.9 Å². The lowest BCUT2D eigenvalue weighted by Crippen LogP contribution is -2.61. The van der Waals surface area contributed by atoms with Gasteiger partial charge in [0.05, 0.1) is 18.2 Å². The molecular weight excluding hydrogens is 841 g/mol. The molecule has 0 aliphatic heterocycles. The first-order valence-electron chi connectivity index (χ1n) is 24.3. The lowest BCUT2D eigenvalue weighted by molar-refractivity contribution is -0.133. The number of rotatable bonds is 30. The Bertz CT molecular complexity index is 1620. The van der Waals surface area contributed by atoms with Gasteiger partial charge in [-0.3, -0.25) is 19.2 Å². The van der Waals surface area contributed by atoms with E-state index in [1.807, 2.05) is 130 Å². The lowest BCUT2D eigenvalue weighted by Gasteiger charge is -2.34. The average molecular weight is 923 g/mol. The number of ether oxygens (including phenoxy) is 2. The molecule has 15 heteroatoms. The average Bonchev–Trinajstić information content (AvgIpc) is 3.30. The molecule has 0 heterocycles. The molecule has 2 aromatic rings. The Morgan fingerprint density at radius 2 is 0.848 bits per heavy atom. The molecule has 0 bridgehead atoms. The van der Waals surface area contributed by atoms with Gasteiger partial charge in [0, 0.05) is 0 Å². The van der Waals surface area contributed by atoms with Crippen molar-refractivity contribution in [2.45, 2.75) is 189 Å². The summed E-state index contributed by atoms with van der Waals surface area (Å²) in [6.07, 6.45) is 2.59. The number of carbonyl (C=O) groups is 6. The zero-order valence-corrected chi connectivity index (χ0v) is 41.3. The van der Waals surface area contributed by atoms with Gasteiger partial charge in [0.2, 0.25) is 23.6 Å². The number of nitrogens with one attached hydrogen (secondary N) is 6. The number of benzene rings is 2. The summed E-state index contributed by atoms with van der Waals surface area (Å²) in [5.41, 5.74) is 1.59. The van der Waals surface area contributed by atoms with Gasteiger partial charge in [-0.2, -0.15) is 0 Å². The molecule has 0 saturated carbocycles. The predicted octanol–water partition coefficient (Wildman–Crippen LogP) is 7.44. The lowest BCUT2D eigenvalue weighted by atomic mass is 9.92. The second-order valence-electron chi connectivity index (χ2n) is 18.5. The van der Waals surface area contributed by atoms with E-state index < -0.39 is 78.2 Å². The van der Waals surface area contributed by atoms with Crippen molar-refractivity contribution in [3.05, 3.63) is 71.8 Å². The van der Waals surface area contributed by atoms with Crippen molar-refractivity contribution >= 4 is 35.8 Å². The van der Waals surface area contributed by atoms with Crippen LogP contribution in [0.3, 0.4) is 0 Å². The molecule has 2 rings (SSSR count). The van der Waals surface area contributed by atoms with Gasteiger partial charge < -0.3 is 46.5 Å². The highest BCUT2D eigenvalue weighted by atomic mass is 16.6. The summed E-state index contributed by atoms with van der Waals surface area (Å²) in [6.45, 7) is 19.3. The summed E-state index contributed by atoms with van der Waals surface area (Å²) >= 11 is 0. The molecule has 66 heavy (non-hydrogen) atoms. The molecule has 0 aliphatic carbocycles. The maximum absolute atomic E-state index is 14.3. The van der Waals surface area contributed by atoms with Crippen LogP contribution in [0.4, 0.5) is 9.59 Å². The minimum Gasteiger partial charge on any atom is -0.445 e. The molecule has 0 aromatic heterocycles. The van der Waals surface area contributed by atoms with Crippen molar-refractivity contribution in [1.29, 1.82) is 0 Å². The van der Waals surface area contributed by atoms with Crippen LogP contribution in [0.5, 0.6) is 0 Å². The van der Waals surface area contributed by atoms with Crippen LogP contribution in [0.25, 0.3) is 0 Å². The first kappa shape index (κ1) is 56.9. The van der Waals surface area contributed by atoms with E-state index in [0.29, 0.717) is 38.5 Å². The minimum atomic E-state index is -1.23. The Morgan fingerprint density at radius 1 is 0.500 bits per heavy atom. The normalized spacial score (nSPS) is 15.4. The molecule has 0 saturated heterocycles. The van der Waals surface area contributed by atoms with E-state index in [4.69, 9.17) is 9.47 Å². The summed E-state index contributed by atoms with van der Waals surface area (Å²) in [5.74, 6) is -2.66. The number of aliphatic hydroxyl groups excluding tert-OH is 1. The van der Waals surface area contributed by atoms with Gasteiger partial charge in [0.15, 0.2) is 0 Å². The summed E-state index contributed by atoms with van der Waals surface area (Å²) in [5, 5.41) is 29.4. The van der Waals surface area contributed by atoms with Crippen LogP contribution in [0, 0.1) is 23.7 Å². The van der Waals surface area contributed by atoms with E-state index in [1.165, 1.54) is 0 Å². The molecule has 0 radical (unpaired) electrons. The monoisotopic (exact) mass is 923 g/mol. The molecule has 0 fully saturated rings. The first-order chi connectivity index (χ1) is 31.4. The quantitative estimate of drug-likeness (QED) is 0.0414. The fourth-order valence-corrected chi connectivity index (χ4v) is 7.47. The van der Waals surface area contributed by atoms with Crippen LogP contribution in [-0.4, -0.2) is 83.3 Å². The van der Waals surface area contributed by atoms with Crippen LogP contribution in [0.2, 0.25) is 0 Å². The zero-order chi connectivity index (χ0) is 49.2. The number of unbranched alkanes of at least 4 members (excludes halogenated alkanes) is 2. The molecular formula is C51H82N6O9. The molecule has 8 atom stereocenters. The van der Waals surface area contributed by atoms with Crippen molar-refractivity contribution in [3.8, 4) is 0 Å². The highest BCUT2D eigenvalue weighted by molar-refractivity contribution is 5.92. The van der Waals surface area contributed by atoms with Crippen LogP contribution in [0.1, 0.15) is 145 Å². The third-order valence-corrected chi connectivity index (χ3v) is 11.9. The second-order valence-corrected chi connectivity index (χ2v) is 18.5. The number of aliphatic hydroxyl groups is 1. The predicted molar refractivity (Wildman–Crippen MR) is 258 cm³/mol. The van der Waals surface area contributed by atoms with Gasteiger partial charge in [-0.05, 0) is 60.5 Å². The number of hydrogen-bond donors (Lipinski definition) is 7. The Hall–Kier alpha value is -5.18. The van der Waals surface area contributed by atoms with Crippen LogP contribution >= 0.6 is 0 Å². The van der Waals surface area contributed by atoms with Gasteiger partial charge in [0.1, 0.15) is 37.4 Å². The molecule has 0 aliphatic rings. The Kier molecular flexibility index (Phi) is 26.7. The van der Waals surface area contributed by atoms with Crippen molar-refractivity contribution < 1.29 is 43.3 Å². The van der Waals surface area contributed by atoms with Crippen molar-refractivity contribution in [2.75, 3.05) is 0 Å². The van der Waals surface area contributed by atoms with E-state index in [2.05, 4.69) is 31.9 Å². The molecule has 15 nitrogen and oxygen atoms in total. The van der Waals surface area contributed by atoms with Gasteiger partial charge in [-0.15, -0.1) is 0 Å². The largest absolute Gasteiger partial charge is 0.445 e. The highest BCUT2D eigenvalue weighted by Crippen LogP contribution is 2.18. The van der Waals surface area contributed by atoms with E-state index in [1.54, 1.807) is 0 Å². The SMILES string of the molecule is CCCCC(NC(=O)[C@H](CC(C)C)NC(=O)[C@@H](NC(=O)OCc1ccccc1)[C@@H](C)CC)C(O)C(CCCC)NC(=O)[C@H](CC(C)C)NC(=O)[C@@H](NC(=O)OCc1ccccc1)[C@@H](C)CC. The van der Waals surface area contributed by atoms with Gasteiger partial charge in [-0.25, -0.2) is 9.59 Å². The first-order valence-corrected chi connectivity index (χ1v) is 24.3. The number of hydrogen-bond acceptors (Lipinski definition) is 9. The molecule has 370 valence electrons. The summed E-state index contributed by atoms with van der Waals surface area (Å²) in [7, 11) is 0. The summed E-state index contributed by atoms with van der Waals surface area (Å²) in [4.78, 5) is 82.2. The van der Waals surface area contributed by atoms with Crippen LogP contribution < -0.4 is 31.9 Å². The maximum atomic E-state index is 14.3. The van der Waals surface area contributed by atoms with Gasteiger partial charge >= 0.3 is 12.2 Å². The van der Waals surface area contributed by atoms with Crippen molar-refractivity contribution in [1.82, 2.24) is 31.9 Å². The zero-order valence-electron chi connectivity index (χ0n) is 41.3. The standard InChI is InChI=1S/C51H82N6O9/c1-11-15-27-39(52-46(59)41(29-33(5)6)54-48(61)43(35(9)13-3)56-50(63)65-31-37-23-19-17-20-24-37)45(58)40(28-16-12-2)53-47(60)42(30-34(7)8)55-49(62)44(36(10)14-4)57-51(64)66-32-38-25-21-18-22-26-38/h17-26,33-36,39-45,58H,11-16,27-32H2,1-10H3,(H,52,59)(H,53,60)(H,54,61)(H,55,62)(H,56,63)(H,57,64)/t35-,36-,39?,40?,41-,42-,43-,44-,45?/m0/s1. The van der Waals surface area contributed by atoms with Gasteiger partial charge in [-0.1, -0.05) is 168 Å². The van der Waals surface area contributed by atoms with E-state index >= 15 is 0 Å². The van der Waals surface area contributed by atoms with E-state index in [-0.39, 0.29) is 49.7 Å². The fraction of sp³-hybridized carbons (Fsp3) is 0.647. The van der Waals surface area contributed by atoms with Crippen LogP contribution in [0.15, 0.2) is 60.7 Å². The molecule has 2 aromatic carbocycles. The third kappa shape index (κ3) is 21.0. The minimum absolute atomic E-state index is 0.00866. The summed E-state index contributed by atoms with van der Waals surface area (Å²) in [6, 6.07) is 12.8. The molecule has 0 spiro atoms. The summed E-state index contributed by atoms with van der Waals surface area (Å²) < 4.78 is 10.8. The number of alkyl carbamates (subject to hydrolysis) is 2. The third-order valence-electron chi connectivity index (χ3n) is 11.9. The highest BCUT2D eigenvalue weighted by Gasteiger charge is 2.36. The van der Waals surface area contributed by atoms with Gasteiger partial charge in [0.25, 0.3) is 0 Å². The second kappa shape index (κ2) is 30.9. The van der Waals surface area contributed by atoms with Crippen molar-refractivity contribution in [3.63, 3.8) is 0 Å². The maximum Gasteiger partial charge on any atom is 0.408 e. The number of carbonyl (C=O) groups excluding carboxylic acids is 6. The Morgan fingerprint density at radius 3 is 1.15 bits per heavy atom. The fourth-order valence-electron chi connectivity index (χ4n) is 7.47. The van der Waals surface area contributed by atoms with E-state index in [0.717, 1.165) is 24.0 Å². The smallest absolute Gasteiger partial charge is 0.408 e. The molecule has 2 unspecified atom stereocenters. The molecule has 7 N–H and O–H groups in total. The number of amides is 6. The Balaban J connectivity index is 2.31. The Labute approximate surface area is 394 Å².